The first-order chi connectivity index (χ1) is 23.9. The topological polar surface area (TPSA) is 223 Å². The predicted octanol–water partition coefficient (Wildman–Crippen LogP) is 0.925. The van der Waals surface area contributed by atoms with Gasteiger partial charge in [-0.1, -0.05) is 60.7 Å². The molecule has 3 unspecified atom stereocenters. The Bertz CT molecular complexity index is 1420. The molecular weight excluding hydrogens is 645 g/mol. The van der Waals surface area contributed by atoms with E-state index in [1.807, 2.05) is 36.4 Å². The maximum absolute atomic E-state index is 13.8. The lowest BCUT2D eigenvalue weighted by atomic mass is 9.84. The average Bonchev–Trinajstić information content (AvgIpc) is 3.09. The Balaban J connectivity index is 1.78. The van der Waals surface area contributed by atoms with Gasteiger partial charge in [-0.25, -0.2) is 0 Å². The Kier molecular flexibility index (Phi) is 15.8. The van der Waals surface area contributed by atoms with E-state index in [9.17, 15) is 33.5 Å². The number of amides is 4. The summed E-state index contributed by atoms with van der Waals surface area (Å²) in [6.07, 6.45) is 1.66. The lowest BCUT2D eigenvalue weighted by Crippen LogP contribution is -2.63. The normalized spacial score (nSPS) is 19.8. The summed E-state index contributed by atoms with van der Waals surface area (Å²) in [5, 5.41) is 17.8. The van der Waals surface area contributed by atoms with Crippen LogP contribution in [-0.4, -0.2) is 95.1 Å². The maximum atomic E-state index is 13.8. The fourth-order valence-corrected chi connectivity index (χ4v) is 6.15. The Labute approximate surface area is 292 Å². The molecule has 4 amide bonds. The van der Waals surface area contributed by atoms with E-state index in [1.165, 1.54) is 4.90 Å². The summed E-state index contributed by atoms with van der Waals surface area (Å²) in [7, 11) is 0. The average molecular weight is 698 g/mol. The SMILES string of the molecule is CC1CC(N)(C(=O)O)CCN1C(=O)[C@@H](CCCCN)NC(=O)C(CCCF)NC(=O)[C@@H](Cc1ccccc1)NC(=O)[C@H](N)Cc1ccccc1. The van der Waals surface area contributed by atoms with Gasteiger partial charge in [0.15, 0.2) is 0 Å². The van der Waals surface area contributed by atoms with E-state index < -0.39 is 72.0 Å². The molecule has 2 aromatic carbocycles. The number of likely N-dealkylation sites (tertiary alicyclic amines) is 1. The summed E-state index contributed by atoms with van der Waals surface area (Å²) >= 11 is 0. The summed E-state index contributed by atoms with van der Waals surface area (Å²) < 4.78 is 13.4. The van der Waals surface area contributed by atoms with Crippen molar-refractivity contribution in [3.05, 3.63) is 71.8 Å². The largest absolute Gasteiger partial charge is 0.480 e. The Morgan fingerprint density at radius 1 is 0.840 bits per heavy atom. The van der Waals surface area contributed by atoms with Crippen molar-refractivity contribution in [1.29, 1.82) is 0 Å². The molecule has 0 aliphatic carbocycles. The first kappa shape index (κ1) is 40.0. The highest BCUT2D eigenvalue weighted by Crippen LogP contribution is 2.26. The second kappa shape index (κ2) is 19.7. The van der Waals surface area contributed by atoms with Crippen LogP contribution in [0.4, 0.5) is 4.39 Å². The van der Waals surface area contributed by atoms with Crippen LogP contribution >= 0.6 is 0 Å². The molecule has 0 bridgehead atoms. The third-order valence-electron chi connectivity index (χ3n) is 9.07. The van der Waals surface area contributed by atoms with Crippen LogP contribution in [0.2, 0.25) is 0 Å². The van der Waals surface area contributed by atoms with Gasteiger partial charge < -0.3 is 43.2 Å². The molecule has 1 aliphatic rings. The van der Waals surface area contributed by atoms with Crippen LogP contribution in [0, 0.1) is 0 Å². The van der Waals surface area contributed by atoms with Gasteiger partial charge in [-0.05, 0) is 76.0 Å². The number of carboxylic acid groups (broad SMARTS) is 1. The summed E-state index contributed by atoms with van der Waals surface area (Å²) in [5.41, 5.74) is 18.1. The molecule has 274 valence electrons. The predicted molar refractivity (Wildman–Crippen MR) is 187 cm³/mol. The van der Waals surface area contributed by atoms with Crippen molar-refractivity contribution in [3.8, 4) is 0 Å². The molecule has 13 nitrogen and oxygen atoms in total. The molecule has 50 heavy (non-hydrogen) atoms. The first-order valence-electron chi connectivity index (χ1n) is 17.2. The fourth-order valence-electron chi connectivity index (χ4n) is 6.15. The summed E-state index contributed by atoms with van der Waals surface area (Å²) in [4.78, 5) is 67.8. The van der Waals surface area contributed by atoms with E-state index in [0.717, 1.165) is 11.1 Å². The van der Waals surface area contributed by atoms with E-state index in [2.05, 4.69) is 16.0 Å². The van der Waals surface area contributed by atoms with Crippen LogP contribution in [0.25, 0.3) is 0 Å². The Morgan fingerprint density at radius 3 is 1.94 bits per heavy atom. The fraction of sp³-hybridized carbons (Fsp3) is 0.528. The van der Waals surface area contributed by atoms with Gasteiger partial charge in [0.2, 0.25) is 23.6 Å². The highest BCUT2D eigenvalue weighted by Gasteiger charge is 2.43. The van der Waals surface area contributed by atoms with Gasteiger partial charge in [-0.2, -0.15) is 0 Å². The van der Waals surface area contributed by atoms with Crippen LogP contribution in [-0.2, 0) is 36.8 Å². The molecular formula is C36H52FN7O6. The summed E-state index contributed by atoms with van der Waals surface area (Å²) in [6.45, 7) is 1.42. The second-order valence-electron chi connectivity index (χ2n) is 13.1. The number of hydrogen-bond acceptors (Lipinski definition) is 8. The summed E-state index contributed by atoms with van der Waals surface area (Å²) in [5.74, 6) is -3.47. The molecule has 1 fully saturated rings. The number of aliphatic carboxylic acids is 1. The lowest BCUT2D eigenvalue weighted by molar-refractivity contribution is -0.150. The third kappa shape index (κ3) is 11.9. The molecule has 2 aromatic rings. The van der Waals surface area contributed by atoms with E-state index in [1.54, 1.807) is 31.2 Å². The minimum atomic E-state index is -1.46. The Hall–Kier alpha value is -4.40. The van der Waals surface area contributed by atoms with Crippen molar-refractivity contribution >= 4 is 29.6 Å². The van der Waals surface area contributed by atoms with Gasteiger partial charge in [0.1, 0.15) is 23.7 Å². The van der Waals surface area contributed by atoms with E-state index in [4.69, 9.17) is 17.2 Å². The molecule has 3 rings (SSSR count). The summed E-state index contributed by atoms with van der Waals surface area (Å²) in [6, 6.07) is 13.4. The molecule has 0 radical (unpaired) electrons. The van der Waals surface area contributed by atoms with Crippen molar-refractivity contribution in [3.63, 3.8) is 0 Å². The van der Waals surface area contributed by atoms with E-state index in [0.29, 0.717) is 19.4 Å². The number of alkyl halides is 1. The zero-order chi connectivity index (χ0) is 36.7. The number of halogens is 1. The zero-order valence-electron chi connectivity index (χ0n) is 28.7. The lowest BCUT2D eigenvalue weighted by Gasteiger charge is -2.42. The highest BCUT2D eigenvalue weighted by molar-refractivity contribution is 5.95. The number of unbranched alkanes of at least 4 members (excludes halogenated alkanes) is 1. The first-order valence-corrected chi connectivity index (χ1v) is 17.2. The number of carbonyl (C=O) groups excluding carboxylic acids is 4. The maximum Gasteiger partial charge on any atom is 0.323 e. The molecule has 14 heteroatoms. The third-order valence-corrected chi connectivity index (χ3v) is 9.07. The number of rotatable bonds is 19. The smallest absolute Gasteiger partial charge is 0.323 e. The van der Waals surface area contributed by atoms with Crippen molar-refractivity contribution < 1.29 is 33.5 Å². The quantitative estimate of drug-likeness (QED) is 0.104. The van der Waals surface area contributed by atoms with Crippen molar-refractivity contribution in [2.75, 3.05) is 19.8 Å². The standard InChI is InChI=1S/C36H52FN7O6/c1-24-23-36(40,35(49)50)17-20-44(24)34(48)29(15-8-9-19-38)42-32(46)28(16-10-18-37)41-33(47)30(22-26-13-6-3-7-14-26)43-31(45)27(39)21-25-11-4-2-5-12-25/h2-7,11-14,24,27-30H,8-10,15-23,38-40H2,1H3,(H,41,47)(H,42,46)(H,43,45)(H,49,50)/t24?,27-,28?,29-,30-,36?/m1/s1. The van der Waals surface area contributed by atoms with Gasteiger partial charge >= 0.3 is 5.97 Å². The van der Waals surface area contributed by atoms with Crippen LogP contribution in [0.3, 0.4) is 0 Å². The molecule has 1 heterocycles. The number of carboxylic acids is 1. The van der Waals surface area contributed by atoms with Gasteiger partial charge in [0.25, 0.3) is 0 Å². The second-order valence-corrected chi connectivity index (χ2v) is 13.1. The number of piperidine rings is 1. The number of carbonyl (C=O) groups is 5. The molecule has 10 N–H and O–H groups in total. The minimum Gasteiger partial charge on any atom is -0.480 e. The van der Waals surface area contributed by atoms with Gasteiger partial charge in [-0.3, -0.25) is 28.4 Å². The molecule has 1 saturated heterocycles. The number of nitrogens with one attached hydrogen (secondary N) is 3. The van der Waals surface area contributed by atoms with E-state index in [-0.39, 0.29) is 51.5 Å². The van der Waals surface area contributed by atoms with Gasteiger partial charge in [-0.15, -0.1) is 0 Å². The minimum absolute atomic E-state index is 0.0379. The van der Waals surface area contributed by atoms with E-state index >= 15 is 0 Å². The van der Waals surface area contributed by atoms with Crippen LogP contribution in [0.15, 0.2) is 60.7 Å². The molecule has 0 saturated carbocycles. The van der Waals surface area contributed by atoms with Crippen LogP contribution in [0.5, 0.6) is 0 Å². The monoisotopic (exact) mass is 697 g/mol. The number of nitrogens with two attached hydrogens (primary N) is 3. The molecule has 6 atom stereocenters. The van der Waals surface area contributed by atoms with Crippen molar-refractivity contribution in [2.45, 2.75) is 100 Å². The number of benzene rings is 2. The Morgan fingerprint density at radius 2 is 1.38 bits per heavy atom. The van der Waals surface area contributed by atoms with Gasteiger partial charge in [0.05, 0.1) is 12.7 Å². The number of nitrogens with zero attached hydrogens (tertiary/aromatic N) is 1. The van der Waals surface area contributed by atoms with Crippen molar-refractivity contribution in [1.82, 2.24) is 20.9 Å². The highest BCUT2D eigenvalue weighted by atomic mass is 19.1. The molecule has 0 aromatic heterocycles. The number of hydrogen-bond donors (Lipinski definition) is 7. The zero-order valence-corrected chi connectivity index (χ0v) is 28.7. The van der Waals surface area contributed by atoms with Gasteiger partial charge in [0, 0.05) is 19.0 Å². The molecule has 0 spiro atoms. The van der Waals surface area contributed by atoms with Crippen LogP contribution in [0.1, 0.15) is 63.0 Å². The van der Waals surface area contributed by atoms with Crippen molar-refractivity contribution in [2.24, 2.45) is 17.2 Å². The van der Waals surface area contributed by atoms with Crippen LogP contribution < -0.4 is 33.2 Å². The molecule has 1 aliphatic heterocycles.